The molecule has 0 amide bonds. The Hall–Kier alpha value is 0.440. The van der Waals surface area contributed by atoms with E-state index in [1.807, 2.05) is 0 Å². The number of nitrogens with zero attached hydrogens (tertiary/aromatic N) is 1. The van der Waals surface area contributed by atoms with Crippen LogP contribution in [-0.2, 0) is 0 Å². The van der Waals surface area contributed by atoms with Gasteiger partial charge in [-0.1, -0.05) is 15.9 Å². The Bertz CT molecular complexity index is 61.5. The van der Waals surface area contributed by atoms with Gasteiger partial charge in [0.05, 0.1) is 0 Å². The topological polar surface area (TPSA) is 3.24 Å². The van der Waals surface area contributed by atoms with Crippen molar-refractivity contribution >= 4 is 15.9 Å². The molecule has 0 aromatic heterocycles. The second-order valence-corrected chi connectivity index (χ2v) is 3.03. The van der Waals surface area contributed by atoms with Crippen molar-refractivity contribution in [1.82, 2.24) is 4.90 Å². The first-order valence-electron chi connectivity index (χ1n) is 3.22. The zero-order chi connectivity index (χ0) is 5.82. The molecule has 8 heavy (non-hydrogen) atoms. The lowest BCUT2D eigenvalue weighted by Crippen LogP contribution is -2.37. The molecule has 1 rings (SSSR count). The highest BCUT2D eigenvalue weighted by molar-refractivity contribution is 9.09. The molecule has 48 valence electrons. The summed E-state index contributed by atoms with van der Waals surface area (Å²) in [5.74, 6) is 0. The van der Waals surface area contributed by atoms with E-state index in [4.69, 9.17) is 0 Å². The Labute approximate surface area is 59.2 Å². The largest absolute Gasteiger partial charge is 0.303 e. The highest BCUT2D eigenvalue weighted by Gasteiger charge is 2.11. The van der Waals surface area contributed by atoms with E-state index in [1.54, 1.807) is 0 Å². The Morgan fingerprint density at radius 2 is 2.12 bits per heavy atom. The monoisotopic (exact) mass is 177 g/mol. The Morgan fingerprint density at radius 3 is 2.50 bits per heavy atom. The van der Waals surface area contributed by atoms with Crippen LogP contribution in [0.4, 0.5) is 0 Å². The maximum Gasteiger partial charge on any atom is 0.00434 e. The second-order valence-electron chi connectivity index (χ2n) is 2.24. The van der Waals surface area contributed by atoms with Crippen molar-refractivity contribution in [2.45, 2.75) is 12.8 Å². The van der Waals surface area contributed by atoms with E-state index in [0.29, 0.717) is 0 Å². The number of alkyl halides is 1. The first kappa shape index (κ1) is 6.56. The Kier molecular flexibility index (Phi) is 2.84. The summed E-state index contributed by atoms with van der Waals surface area (Å²) >= 11 is 3.40. The lowest BCUT2D eigenvalue weighted by molar-refractivity contribution is 0.183. The van der Waals surface area contributed by atoms with Crippen LogP contribution in [0.1, 0.15) is 12.8 Å². The maximum atomic E-state index is 3.40. The predicted octanol–water partition coefficient (Wildman–Crippen LogP) is 1.48. The molecular formula is C6H12BrN. The van der Waals surface area contributed by atoms with Gasteiger partial charge >= 0.3 is 0 Å². The zero-order valence-electron chi connectivity index (χ0n) is 5.07. The van der Waals surface area contributed by atoms with Crippen molar-refractivity contribution in [3.8, 4) is 0 Å². The highest BCUT2D eigenvalue weighted by Crippen LogP contribution is 2.05. The zero-order valence-corrected chi connectivity index (χ0v) is 6.65. The summed E-state index contributed by atoms with van der Waals surface area (Å²) in [5.41, 5.74) is 0. The van der Waals surface area contributed by atoms with Gasteiger partial charge in [0, 0.05) is 5.33 Å². The van der Waals surface area contributed by atoms with E-state index in [-0.39, 0.29) is 0 Å². The van der Waals surface area contributed by atoms with Gasteiger partial charge in [-0.3, -0.25) is 0 Å². The predicted molar refractivity (Wildman–Crippen MR) is 39.5 cm³/mol. The SMILES string of the molecule is BrCCCN1CCC1. The molecule has 1 heterocycles. The standard InChI is InChI=1S/C6H12BrN/c7-3-1-4-8-5-2-6-8/h1-6H2. The molecular weight excluding hydrogens is 166 g/mol. The van der Waals surface area contributed by atoms with Gasteiger partial charge in [0.2, 0.25) is 0 Å². The van der Waals surface area contributed by atoms with Crippen molar-refractivity contribution in [1.29, 1.82) is 0 Å². The molecule has 1 aliphatic rings. The Morgan fingerprint density at radius 1 is 1.38 bits per heavy atom. The molecule has 0 atom stereocenters. The molecule has 0 bridgehead atoms. The molecule has 0 spiro atoms. The summed E-state index contributed by atoms with van der Waals surface area (Å²) in [4.78, 5) is 2.49. The van der Waals surface area contributed by atoms with Crippen LogP contribution >= 0.6 is 15.9 Å². The van der Waals surface area contributed by atoms with Crippen LogP contribution in [-0.4, -0.2) is 29.9 Å². The lowest BCUT2D eigenvalue weighted by Gasteiger charge is -2.30. The smallest absolute Gasteiger partial charge is 0.00434 e. The molecule has 0 aromatic carbocycles. The fraction of sp³-hybridized carbons (Fsp3) is 1.00. The lowest BCUT2D eigenvalue weighted by atomic mass is 10.2. The summed E-state index contributed by atoms with van der Waals surface area (Å²) in [6.07, 6.45) is 2.72. The van der Waals surface area contributed by atoms with Crippen LogP contribution in [0, 0.1) is 0 Å². The summed E-state index contributed by atoms with van der Waals surface area (Å²) in [6, 6.07) is 0. The van der Waals surface area contributed by atoms with Crippen LogP contribution in [0.2, 0.25) is 0 Å². The van der Waals surface area contributed by atoms with Crippen molar-refractivity contribution in [3.05, 3.63) is 0 Å². The van der Waals surface area contributed by atoms with E-state index < -0.39 is 0 Å². The molecule has 0 N–H and O–H groups in total. The van der Waals surface area contributed by atoms with Gasteiger partial charge in [0.15, 0.2) is 0 Å². The molecule has 0 aliphatic carbocycles. The van der Waals surface area contributed by atoms with Gasteiger partial charge in [-0.15, -0.1) is 0 Å². The minimum Gasteiger partial charge on any atom is -0.303 e. The van der Waals surface area contributed by atoms with Gasteiger partial charge in [-0.2, -0.15) is 0 Å². The summed E-state index contributed by atoms with van der Waals surface area (Å²) in [6.45, 7) is 3.98. The first-order chi connectivity index (χ1) is 3.93. The molecule has 0 unspecified atom stereocenters. The molecule has 1 nitrogen and oxygen atoms in total. The van der Waals surface area contributed by atoms with Gasteiger partial charge in [-0.05, 0) is 32.5 Å². The number of halogens is 1. The summed E-state index contributed by atoms with van der Waals surface area (Å²) in [7, 11) is 0. The van der Waals surface area contributed by atoms with Gasteiger partial charge < -0.3 is 4.90 Å². The van der Waals surface area contributed by atoms with E-state index in [2.05, 4.69) is 20.8 Å². The molecule has 0 saturated carbocycles. The average molecular weight is 178 g/mol. The fourth-order valence-electron chi connectivity index (χ4n) is 0.889. The highest BCUT2D eigenvalue weighted by atomic mass is 79.9. The molecule has 0 aromatic rings. The van der Waals surface area contributed by atoms with Crippen LogP contribution in [0.25, 0.3) is 0 Å². The Balaban J connectivity index is 1.86. The number of hydrogen-bond donors (Lipinski definition) is 0. The van der Waals surface area contributed by atoms with Crippen molar-refractivity contribution < 1.29 is 0 Å². The second kappa shape index (κ2) is 3.46. The van der Waals surface area contributed by atoms with Crippen molar-refractivity contribution in [3.63, 3.8) is 0 Å². The van der Waals surface area contributed by atoms with Crippen molar-refractivity contribution in [2.24, 2.45) is 0 Å². The van der Waals surface area contributed by atoms with Gasteiger partial charge in [0.25, 0.3) is 0 Å². The minimum atomic E-state index is 1.16. The van der Waals surface area contributed by atoms with E-state index in [9.17, 15) is 0 Å². The molecule has 1 fully saturated rings. The summed E-state index contributed by atoms with van der Waals surface area (Å²) < 4.78 is 0. The molecule has 0 radical (unpaired) electrons. The van der Waals surface area contributed by atoms with Crippen LogP contribution in [0.15, 0.2) is 0 Å². The van der Waals surface area contributed by atoms with Crippen LogP contribution in [0.3, 0.4) is 0 Å². The van der Waals surface area contributed by atoms with Gasteiger partial charge in [-0.25, -0.2) is 0 Å². The van der Waals surface area contributed by atoms with Gasteiger partial charge in [0.1, 0.15) is 0 Å². The molecule has 2 heteroatoms. The third kappa shape index (κ3) is 1.75. The number of likely N-dealkylation sites (tertiary alicyclic amines) is 1. The van der Waals surface area contributed by atoms with Crippen LogP contribution in [0.5, 0.6) is 0 Å². The third-order valence-corrected chi connectivity index (χ3v) is 2.12. The van der Waals surface area contributed by atoms with Crippen LogP contribution < -0.4 is 0 Å². The third-order valence-electron chi connectivity index (χ3n) is 1.56. The normalized spacial score (nSPS) is 20.6. The maximum absolute atomic E-state index is 3.40. The number of hydrogen-bond acceptors (Lipinski definition) is 1. The first-order valence-corrected chi connectivity index (χ1v) is 4.34. The quantitative estimate of drug-likeness (QED) is 0.591. The summed E-state index contributed by atoms with van der Waals surface area (Å²) in [5, 5.41) is 1.16. The minimum absolute atomic E-state index is 1.16. The molecule has 1 saturated heterocycles. The van der Waals surface area contributed by atoms with E-state index in [0.717, 1.165) is 5.33 Å². The van der Waals surface area contributed by atoms with E-state index in [1.165, 1.54) is 32.5 Å². The number of rotatable bonds is 3. The molecule has 1 aliphatic heterocycles. The van der Waals surface area contributed by atoms with Crippen molar-refractivity contribution in [2.75, 3.05) is 25.0 Å². The van der Waals surface area contributed by atoms with E-state index >= 15 is 0 Å². The fourth-order valence-corrected chi connectivity index (χ4v) is 1.14. The average Bonchev–Trinajstić information content (AvgIpc) is 1.63.